The number of para-hydroxylation sites is 1. The lowest BCUT2D eigenvalue weighted by Gasteiger charge is -2.24. The summed E-state index contributed by atoms with van der Waals surface area (Å²) >= 11 is 0. The molecule has 104 valence electrons. The second-order valence-electron chi connectivity index (χ2n) is 5.66. The van der Waals surface area contributed by atoms with Gasteiger partial charge in [0.1, 0.15) is 5.69 Å². The van der Waals surface area contributed by atoms with Crippen LogP contribution in [0.5, 0.6) is 0 Å². The van der Waals surface area contributed by atoms with Crippen molar-refractivity contribution in [3.05, 3.63) is 33.9 Å². The first-order valence-electron chi connectivity index (χ1n) is 6.75. The van der Waals surface area contributed by atoms with Crippen LogP contribution in [0, 0.1) is 16.0 Å². The molecule has 2 rings (SSSR count). The maximum absolute atomic E-state index is 10.9. The first-order chi connectivity index (χ1) is 8.99. The summed E-state index contributed by atoms with van der Waals surface area (Å²) in [5, 5.41) is 10.9. The molecule has 1 fully saturated rings. The van der Waals surface area contributed by atoms with E-state index in [1.165, 1.54) is 18.9 Å². The van der Waals surface area contributed by atoms with Crippen molar-refractivity contribution in [2.45, 2.75) is 39.3 Å². The van der Waals surface area contributed by atoms with Gasteiger partial charge in [0.25, 0.3) is 5.69 Å². The number of anilines is 1. The van der Waals surface area contributed by atoms with Crippen LogP contribution in [0.4, 0.5) is 11.4 Å². The van der Waals surface area contributed by atoms with E-state index in [0.29, 0.717) is 24.2 Å². The Kier molecular flexibility index (Phi) is 4.04. The third-order valence-electron chi connectivity index (χ3n) is 3.41. The molecule has 5 heteroatoms. The minimum Gasteiger partial charge on any atom is -0.393 e. The molecule has 19 heavy (non-hydrogen) atoms. The summed E-state index contributed by atoms with van der Waals surface area (Å²) in [6.45, 7) is 6.08. The van der Waals surface area contributed by atoms with Crippen LogP contribution in [0.25, 0.3) is 0 Å². The number of hydrogen-bond donors (Lipinski definition) is 1. The smallest absolute Gasteiger partial charge is 0.292 e. The summed E-state index contributed by atoms with van der Waals surface area (Å²) in [5.74, 6) is 0.584. The minimum atomic E-state index is -0.414. The van der Waals surface area contributed by atoms with Gasteiger partial charge in [-0.25, -0.2) is 0 Å². The maximum Gasteiger partial charge on any atom is 0.292 e. The molecular weight excluding hydrogens is 242 g/mol. The molecule has 0 spiro atoms. The summed E-state index contributed by atoms with van der Waals surface area (Å²) in [7, 11) is 0. The van der Waals surface area contributed by atoms with Crippen LogP contribution in [-0.2, 0) is 6.54 Å². The Morgan fingerprint density at radius 2 is 2.16 bits per heavy atom. The molecule has 0 atom stereocenters. The predicted octanol–water partition coefficient (Wildman–Crippen LogP) is 2.80. The van der Waals surface area contributed by atoms with Crippen LogP contribution in [-0.4, -0.2) is 22.4 Å². The van der Waals surface area contributed by atoms with Crippen molar-refractivity contribution >= 4 is 11.4 Å². The van der Waals surface area contributed by atoms with E-state index in [4.69, 9.17) is 5.73 Å². The molecule has 1 aliphatic rings. The van der Waals surface area contributed by atoms with Gasteiger partial charge in [0.15, 0.2) is 0 Å². The number of hydrogen-bond acceptors (Lipinski definition) is 4. The van der Waals surface area contributed by atoms with Gasteiger partial charge in [-0.1, -0.05) is 26.0 Å². The van der Waals surface area contributed by atoms with Gasteiger partial charge in [0, 0.05) is 25.2 Å². The van der Waals surface area contributed by atoms with Crippen LogP contribution in [0.15, 0.2) is 18.2 Å². The van der Waals surface area contributed by atoms with Crippen molar-refractivity contribution in [1.82, 2.24) is 4.90 Å². The zero-order valence-electron chi connectivity index (χ0n) is 11.5. The topological polar surface area (TPSA) is 72.4 Å². The highest BCUT2D eigenvalue weighted by Gasteiger charge is 2.30. The average molecular weight is 263 g/mol. The first kappa shape index (κ1) is 13.8. The van der Waals surface area contributed by atoms with Gasteiger partial charge < -0.3 is 5.73 Å². The summed E-state index contributed by atoms with van der Waals surface area (Å²) in [4.78, 5) is 12.9. The quantitative estimate of drug-likeness (QED) is 0.486. The van der Waals surface area contributed by atoms with E-state index in [0.717, 1.165) is 12.1 Å². The van der Waals surface area contributed by atoms with Crippen LogP contribution in [0.1, 0.15) is 32.3 Å². The molecule has 0 bridgehead atoms. The van der Waals surface area contributed by atoms with Crippen LogP contribution in [0.2, 0.25) is 0 Å². The Bertz CT molecular complexity index is 470. The fourth-order valence-electron chi connectivity index (χ4n) is 2.37. The molecular formula is C14H21N3O2. The Morgan fingerprint density at radius 1 is 1.47 bits per heavy atom. The molecule has 0 saturated heterocycles. The van der Waals surface area contributed by atoms with E-state index < -0.39 is 4.92 Å². The zero-order valence-corrected chi connectivity index (χ0v) is 11.5. The fourth-order valence-corrected chi connectivity index (χ4v) is 2.37. The molecule has 1 saturated carbocycles. The molecule has 0 aromatic heterocycles. The highest BCUT2D eigenvalue weighted by molar-refractivity contribution is 5.62. The largest absolute Gasteiger partial charge is 0.393 e. The lowest BCUT2D eigenvalue weighted by Crippen LogP contribution is -2.29. The monoisotopic (exact) mass is 263 g/mol. The van der Waals surface area contributed by atoms with Crippen LogP contribution < -0.4 is 5.73 Å². The third kappa shape index (κ3) is 3.44. The number of nitro groups is 1. The van der Waals surface area contributed by atoms with E-state index in [1.807, 2.05) is 6.07 Å². The number of nitrogens with two attached hydrogens (primary N) is 1. The molecule has 1 aliphatic carbocycles. The average Bonchev–Trinajstić information content (AvgIpc) is 3.13. The second-order valence-corrected chi connectivity index (χ2v) is 5.66. The van der Waals surface area contributed by atoms with Crippen molar-refractivity contribution < 1.29 is 4.92 Å². The van der Waals surface area contributed by atoms with Gasteiger partial charge in [0.2, 0.25) is 0 Å². The van der Waals surface area contributed by atoms with Gasteiger partial charge in [-0.2, -0.15) is 0 Å². The highest BCUT2D eigenvalue weighted by atomic mass is 16.6. The van der Waals surface area contributed by atoms with Crippen LogP contribution in [0.3, 0.4) is 0 Å². The van der Waals surface area contributed by atoms with Crippen molar-refractivity contribution in [2.75, 3.05) is 12.3 Å². The molecule has 5 nitrogen and oxygen atoms in total. The van der Waals surface area contributed by atoms with Crippen molar-refractivity contribution in [3.63, 3.8) is 0 Å². The predicted molar refractivity (Wildman–Crippen MR) is 75.8 cm³/mol. The molecule has 1 aromatic carbocycles. The zero-order chi connectivity index (χ0) is 14.0. The van der Waals surface area contributed by atoms with E-state index in [-0.39, 0.29) is 5.69 Å². The number of benzene rings is 1. The van der Waals surface area contributed by atoms with Crippen molar-refractivity contribution in [3.8, 4) is 0 Å². The molecule has 0 heterocycles. The molecule has 2 N–H and O–H groups in total. The molecule has 0 amide bonds. The van der Waals surface area contributed by atoms with E-state index >= 15 is 0 Å². The Balaban J connectivity index is 2.17. The van der Waals surface area contributed by atoms with Crippen LogP contribution >= 0.6 is 0 Å². The fraction of sp³-hybridized carbons (Fsp3) is 0.571. The number of nitro benzene ring substituents is 1. The maximum atomic E-state index is 10.9. The standard InChI is InChI=1S/C14H21N3O2/c1-10(2)8-16(12-6-7-12)9-11-4-3-5-13(14(11)15)17(18)19/h3-5,10,12H,6-9,15H2,1-2H3. The minimum absolute atomic E-state index is 0.0118. The van der Waals surface area contributed by atoms with Gasteiger partial charge in [0.05, 0.1) is 4.92 Å². The summed E-state index contributed by atoms with van der Waals surface area (Å²) < 4.78 is 0. The summed E-state index contributed by atoms with van der Waals surface area (Å²) in [5.41, 5.74) is 7.10. The van der Waals surface area contributed by atoms with Gasteiger partial charge >= 0.3 is 0 Å². The number of nitrogen functional groups attached to an aromatic ring is 1. The molecule has 0 aliphatic heterocycles. The van der Waals surface area contributed by atoms with Gasteiger partial charge in [-0.05, 0) is 24.3 Å². The lowest BCUT2D eigenvalue weighted by atomic mass is 10.1. The Labute approximate surface area is 113 Å². The van der Waals surface area contributed by atoms with E-state index in [1.54, 1.807) is 6.07 Å². The highest BCUT2D eigenvalue weighted by Crippen LogP contribution is 2.32. The first-order valence-corrected chi connectivity index (χ1v) is 6.75. The van der Waals surface area contributed by atoms with Gasteiger partial charge in [-0.15, -0.1) is 0 Å². The van der Waals surface area contributed by atoms with E-state index in [2.05, 4.69) is 18.7 Å². The molecule has 0 unspecified atom stereocenters. The molecule has 0 radical (unpaired) electrons. The Morgan fingerprint density at radius 3 is 2.68 bits per heavy atom. The lowest BCUT2D eigenvalue weighted by molar-refractivity contribution is -0.384. The van der Waals surface area contributed by atoms with E-state index in [9.17, 15) is 10.1 Å². The summed E-state index contributed by atoms with van der Waals surface area (Å²) in [6.07, 6.45) is 2.45. The third-order valence-corrected chi connectivity index (χ3v) is 3.41. The summed E-state index contributed by atoms with van der Waals surface area (Å²) in [6, 6.07) is 5.69. The normalized spacial score (nSPS) is 15.2. The molecule has 1 aromatic rings. The van der Waals surface area contributed by atoms with Gasteiger partial charge in [-0.3, -0.25) is 15.0 Å². The van der Waals surface area contributed by atoms with Crippen molar-refractivity contribution in [2.24, 2.45) is 5.92 Å². The SMILES string of the molecule is CC(C)CN(Cc1cccc([N+](=O)[O-])c1N)C1CC1. The second kappa shape index (κ2) is 5.57. The van der Waals surface area contributed by atoms with Crippen molar-refractivity contribution in [1.29, 1.82) is 0 Å². The number of nitrogens with zero attached hydrogens (tertiary/aromatic N) is 2. The number of rotatable bonds is 6. The Hall–Kier alpha value is -1.62.